The van der Waals surface area contributed by atoms with Crippen LogP contribution in [0, 0.1) is 17.8 Å². The number of aromatic carboxylic acids is 1. The van der Waals surface area contributed by atoms with Crippen molar-refractivity contribution in [3.63, 3.8) is 0 Å². The molecule has 0 radical (unpaired) electrons. The van der Waals surface area contributed by atoms with Crippen molar-refractivity contribution in [3.05, 3.63) is 21.9 Å². The van der Waals surface area contributed by atoms with E-state index in [9.17, 15) is 20.1 Å². The van der Waals surface area contributed by atoms with Crippen molar-refractivity contribution in [2.24, 2.45) is 17.8 Å². The van der Waals surface area contributed by atoms with Gasteiger partial charge in [0.2, 0.25) is 0 Å². The smallest absolute Gasteiger partial charge is 0.348 e. The van der Waals surface area contributed by atoms with Crippen molar-refractivity contribution in [1.29, 1.82) is 0 Å². The Morgan fingerprint density at radius 1 is 1.03 bits per heavy atom. The largest absolute Gasteiger partial charge is 0.477 e. The first-order chi connectivity index (χ1) is 15.3. The van der Waals surface area contributed by atoms with Crippen LogP contribution < -0.4 is 4.90 Å². The number of carboxylic acid groups (broad SMARTS) is 1. The number of hydrogen-bond acceptors (Lipinski definition) is 5. The molecule has 0 aliphatic heterocycles. The van der Waals surface area contributed by atoms with Gasteiger partial charge >= 0.3 is 5.97 Å². The van der Waals surface area contributed by atoms with Crippen LogP contribution in [0.15, 0.2) is 12.1 Å². The zero-order chi connectivity index (χ0) is 22.8. The predicted octanol–water partition coefficient (Wildman–Crippen LogP) is 5.90. The molecule has 3 aliphatic rings. The van der Waals surface area contributed by atoms with Crippen LogP contribution in [0.5, 0.6) is 0 Å². The fourth-order valence-corrected chi connectivity index (χ4v) is 6.94. The Balaban J connectivity index is 1.69. The summed E-state index contributed by atoms with van der Waals surface area (Å²) in [6.45, 7) is 4.53. The Bertz CT molecular complexity index is 818. The average Bonchev–Trinajstić information content (AvgIpc) is 3.21. The van der Waals surface area contributed by atoms with Crippen molar-refractivity contribution in [2.45, 2.75) is 103 Å². The lowest BCUT2D eigenvalue weighted by Gasteiger charge is -2.44. The van der Waals surface area contributed by atoms with Crippen molar-refractivity contribution in [1.82, 2.24) is 0 Å². The number of hydrogen-bond donors (Lipinski definition) is 3. The van der Waals surface area contributed by atoms with Crippen LogP contribution in [0.2, 0.25) is 0 Å². The molecule has 6 heteroatoms. The molecule has 2 fully saturated rings. The highest BCUT2D eigenvalue weighted by molar-refractivity contribution is 7.15. The van der Waals surface area contributed by atoms with E-state index in [-0.39, 0.29) is 18.1 Å². The lowest BCUT2D eigenvalue weighted by molar-refractivity contribution is 0.0520. The number of aliphatic hydroxyl groups is 2. The van der Waals surface area contributed by atoms with Crippen molar-refractivity contribution < 1.29 is 20.1 Å². The van der Waals surface area contributed by atoms with E-state index in [4.69, 9.17) is 0 Å². The van der Waals surface area contributed by atoms with Gasteiger partial charge in [-0.05, 0) is 81.3 Å². The average molecular weight is 462 g/mol. The Morgan fingerprint density at radius 3 is 2.34 bits per heavy atom. The van der Waals surface area contributed by atoms with Crippen molar-refractivity contribution >= 4 is 28.6 Å². The number of anilines is 1. The molecule has 0 saturated heterocycles. The second-order valence-corrected chi connectivity index (χ2v) is 11.6. The van der Waals surface area contributed by atoms with E-state index in [0.29, 0.717) is 35.2 Å². The number of carbonyl (C=O) groups is 1. The molecule has 0 aromatic carbocycles. The second-order valence-electron chi connectivity index (χ2n) is 10.5. The fourth-order valence-electron chi connectivity index (χ4n) is 5.89. The van der Waals surface area contributed by atoms with Gasteiger partial charge in [0.05, 0.1) is 11.8 Å². The number of rotatable bonds is 6. The Morgan fingerprint density at radius 2 is 1.72 bits per heavy atom. The minimum absolute atomic E-state index is 0.0626. The topological polar surface area (TPSA) is 81.0 Å². The van der Waals surface area contributed by atoms with Crippen LogP contribution in [0.3, 0.4) is 0 Å². The van der Waals surface area contributed by atoms with Crippen LogP contribution in [0.1, 0.15) is 99.0 Å². The Labute approximate surface area is 196 Å². The molecule has 3 N–H and O–H groups in total. The first kappa shape index (κ1) is 23.8. The molecule has 2 unspecified atom stereocenters. The molecule has 178 valence electrons. The van der Waals surface area contributed by atoms with Gasteiger partial charge in [-0.2, -0.15) is 0 Å². The quantitative estimate of drug-likeness (QED) is 0.459. The van der Waals surface area contributed by atoms with E-state index in [1.165, 1.54) is 23.3 Å². The van der Waals surface area contributed by atoms with Crippen molar-refractivity contribution in [2.75, 3.05) is 4.90 Å². The maximum Gasteiger partial charge on any atom is 0.348 e. The van der Waals surface area contributed by atoms with Gasteiger partial charge in [-0.15, -0.1) is 11.3 Å². The maximum atomic E-state index is 12.3. The van der Waals surface area contributed by atoms with E-state index < -0.39 is 12.2 Å². The van der Waals surface area contributed by atoms with Crippen LogP contribution in [0.4, 0.5) is 5.69 Å². The number of carboxylic acids is 1. The summed E-state index contributed by atoms with van der Waals surface area (Å²) >= 11 is 1.36. The standard InChI is InChI=1S/C26H39NO4S/c1-16-6-8-18(9-7-16)25(29)27(20-10-12-21(28)13-11-20)22-15-23(32-24(22)26(30)31)19-5-3-4-17(2)14-19/h5,15-18,20-21,25,28-29H,3-4,6-14H2,1-2H3,(H,30,31). The summed E-state index contributed by atoms with van der Waals surface area (Å²) in [7, 11) is 0. The van der Waals surface area contributed by atoms with Gasteiger partial charge in [-0.25, -0.2) is 4.79 Å². The molecule has 1 heterocycles. The Kier molecular flexibility index (Phi) is 7.63. The van der Waals surface area contributed by atoms with Gasteiger partial charge in [-0.1, -0.05) is 32.8 Å². The first-order valence-electron chi connectivity index (χ1n) is 12.5. The molecule has 2 atom stereocenters. The molecule has 2 saturated carbocycles. The molecular formula is C26H39NO4S. The summed E-state index contributed by atoms with van der Waals surface area (Å²) in [6.07, 6.45) is 11.7. The number of aliphatic hydroxyl groups excluding tert-OH is 2. The highest BCUT2D eigenvalue weighted by atomic mass is 32.1. The number of allylic oxidation sites excluding steroid dienone is 2. The normalized spacial score (nSPS) is 32.2. The molecule has 0 spiro atoms. The predicted molar refractivity (Wildman–Crippen MR) is 130 cm³/mol. The van der Waals surface area contributed by atoms with Gasteiger partial charge in [0.15, 0.2) is 0 Å². The summed E-state index contributed by atoms with van der Waals surface area (Å²) in [4.78, 5) is 15.7. The fraction of sp³-hybridized carbons (Fsp3) is 0.731. The summed E-state index contributed by atoms with van der Waals surface area (Å²) in [6, 6.07) is 2.10. The van der Waals surface area contributed by atoms with E-state index >= 15 is 0 Å². The van der Waals surface area contributed by atoms with Crippen LogP contribution in [0.25, 0.3) is 5.57 Å². The van der Waals surface area contributed by atoms with Gasteiger partial charge in [-0.3, -0.25) is 0 Å². The van der Waals surface area contributed by atoms with Crippen LogP contribution in [-0.4, -0.2) is 39.7 Å². The lowest BCUT2D eigenvalue weighted by Crippen LogP contribution is -2.50. The molecule has 1 aromatic heterocycles. The van der Waals surface area contributed by atoms with Gasteiger partial charge < -0.3 is 20.2 Å². The summed E-state index contributed by atoms with van der Waals surface area (Å²) < 4.78 is 0. The third kappa shape index (κ3) is 5.23. The SMILES string of the molecule is CC1CCC(C(O)N(c2cc(C3=CCCC(C)C3)sc2C(=O)O)C2CCC(O)CC2)CC1. The Hall–Kier alpha value is -1.37. The molecule has 3 aliphatic carbocycles. The van der Waals surface area contributed by atoms with Crippen molar-refractivity contribution in [3.8, 4) is 0 Å². The highest BCUT2D eigenvalue weighted by Gasteiger charge is 2.37. The zero-order valence-electron chi connectivity index (χ0n) is 19.5. The summed E-state index contributed by atoms with van der Waals surface area (Å²) in [5, 5.41) is 31.8. The molecule has 32 heavy (non-hydrogen) atoms. The van der Waals surface area contributed by atoms with E-state index in [1.54, 1.807) is 0 Å². The highest BCUT2D eigenvalue weighted by Crippen LogP contribution is 2.43. The molecule has 4 rings (SSSR count). The monoisotopic (exact) mass is 461 g/mol. The maximum absolute atomic E-state index is 12.3. The molecule has 5 nitrogen and oxygen atoms in total. The van der Waals surface area contributed by atoms with Gasteiger partial charge in [0.25, 0.3) is 0 Å². The minimum atomic E-state index is -0.911. The van der Waals surface area contributed by atoms with E-state index in [2.05, 4.69) is 19.9 Å². The summed E-state index contributed by atoms with van der Waals surface area (Å²) in [5.74, 6) is 0.557. The third-order valence-electron chi connectivity index (χ3n) is 7.95. The lowest BCUT2D eigenvalue weighted by atomic mass is 9.81. The minimum Gasteiger partial charge on any atom is -0.477 e. The van der Waals surface area contributed by atoms with E-state index in [1.807, 2.05) is 11.0 Å². The zero-order valence-corrected chi connectivity index (χ0v) is 20.3. The molecular weight excluding hydrogens is 422 g/mol. The van der Waals surface area contributed by atoms with Crippen LogP contribution in [-0.2, 0) is 0 Å². The molecule has 0 bridgehead atoms. The first-order valence-corrected chi connectivity index (χ1v) is 13.4. The van der Waals surface area contributed by atoms with Crippen LogP contribution >= 0.6 is 11.3 Å². The summed E-state index contributed by atoms with van der Waals surface area (Å²) in [5.41, 5.74) is 1.94. The third-order valence-corrected chi connectivity index (χ3v) is 9.13. The van der Waals surface area contributed by atoms with E-state index in [0.717, 1.165) is 56.2 Å². The molecule has 1 aromatic rings. The number of thiophene rings is 1. The second kappa shape index (κ2) is 10.3. The number of nitrogens with zero attached hydrogens (tertiary/aromatic N) is 1. The van der Waals surface area contributed by atoms with Gasteiger partial charge in [0.1, 0.15) is 11.1 Å². The molecule has 0 amide bonds. The van der Waals surface area contributed by atoms with Gasteiger partial charge in [0, 0.05) is 16.8 Å².